The molecule has 22 heavy (non-hydrogen) atoms. The van der Waals surface area contributed by atoms with Crippen LogP contribution in [0.25, 0.3) is 20.8 Å². The Labute approximate surface area is 135 Å². The number of carbonyl (C=O) groups excluding carboxylic acids is 1. The van der Waals surface area contributed by atoms with Crippen molar-refractivity contribution in [3.8, 4) is 10.6 Å². The molecule has 0 radical (unpaired) electrons. The molecule has 0 aromatic carbocycles. The van der Waals surface area contributed by atoms with Gasteiger partial charge in [0.1, 0.15) is 15.5 Å². The number of hydrogen-bond donors (Lipinski definition) is 2. The standard InChI is InChI=1S/C15H14N4OS2/c1-8(20)18-14-13(9-2-4-17-7-12(9)22-14)15-19-10-6-16-5-3-11(10)21-15/h3,5-6,17H,2,4,7H2,1H3,(H,18,20). The van der Waals surface area contributed by atoms with E-state index in [9.17, 15) is 4.79 Å². The molecule has 3 aromatic heterocycles. The van der Waals surface area contributed by atoms with Gasteiger partial charge in [-0.2, -0.15) is 0 Å². The van der Waals surface area contributed by atoms with E-state index in [2.05, 4.69) is 15.6 Å². The molecule has 0 fully saturated rings. The number of pyridine rings is 1. The molecule has 1 amide bonds. The Balaban J connectivity index is 1.91. The van der Waals surface area contributed by atoms with Crippen LogP contribution in [0.2, 0.25) is 0 Å². The lowest BCUT2D eigenvalue weighted by atomic mass is 10.0. The summed E-state index contributed by atoms with van der Waals surface area (Å²) >= 11 is 3.30. The van der Waals surface area contributed by atoms with Crippen molar-refractivity contribution >= 4 is 43.8 Å². The molecule has 2 N–H and O–H groups in total. The third-order valence-electron chi connectivity index (χ3n) is 3.62. The molecule has 1 aliphatic heterocycles. The van der Waals surface area contributed by atoms with Gasteiger partial charge in [0.2, 0.25) is 5.91 Å². The Morgan fingerprint density at radius 2 is 2.32 bits per heavy atom. The Kier molecular flexibility index (Phi) is 3.40. The zero-order valence-corrected chi connectivity index (χ0v) is 13.6. The maximum atomic E-state index is 11.5. The lowest BCUT2D eigenvalue weighted by molar-refractivity contribution is -0.114. The van der Waals surface area contributed by atoms with Gasteiger partial charge in [0.25, 0.3) is 0 Å². The Hall–Kier alpha value is -1.83. The zero-order chi connectivity index (χ0) is 15.1. The number of hydrogen-bond acceptors (Lipinski definition) is 6. The first-order valence-electron chi connectivity index (χ1n) is 7.06. The number of carbonyl (C=O) groups is 1. The second kappa shape index (κ2) is 5.42. The zero-order valence-electron chi connectivity index (χ0n) is 12.0. The molecule has 5 nitrogen and oxygen atoms in total. The van der Waals surface area contributed by atoms with Gasteiger partial charge in [-0.05, 0) is 24.6 Å². The van der Waals surface area contributed by atoms with Gasteiger partial charge in [0.15, 0.2) is 0 Å². The van der Waals surface area contributed by atoms with Gasteiger partial charge in [-0.25, -0.2) is 4.98 Å². The van der Waals surface area contributed by atoms with Crippen molar-refractivity contribution in [2.75, 3.05) is 11.9 Å². The smallest absolute Gasteiger partial charge is 0.221 e. The van der Waals surface area contributed by atoms with Gasteiger partial charge in [0, 0.05) is 30.1 Å². The van der Waals surface area contributed by atoms with E-state index >= 15 is 0 Å². The summed E-state index contributed by atoms with van der Waals surface area (Å²) in [6, 6.07) is 1.98. The summed E-state index contributed by atoms with van der Waals surface area (Å²) in [7, 11) is 0. The van der Waals surface area contributed by atoms with Gasteiger partial charge in [-0.15, -0.1) is 22.7 Å². The van der Waals surface area contributed by atoms with Crippen molar-refractivity contribution in [3.05, 3.63) is 28.9 Å². The number of aromatic nitrogens is 2. The average Bonchev–Trinajstić information content (AvgIpc) is 3.06. The average molecular weight is 330 g/mol. The summed E-state index contributed by atoms with van der Waals surface area (Å²) in [5.74, 6) is -0.0458. The fourth-order valence-electron chi connectivity index (χ4n) is 2.70. The summed E-state index contributed by atoms with van der Waals surface area (Å²) in [6.45, 7) is 3.37. The minimum atomic E-state index is -0.0458. The van der Waals surface area contributed by atoms with Gasteiger partial charge in [0.05, 0.1) is 10.9 Å². The molecule has 0 saturated carbocycles. The fraction of sp³-hybridized carbons (Fsp3) is 0.267. The van der Waals surface area contributed by atoms with E-state index in [0.717, 1.165) is 45.3 Å². The first-order valence-corrected chi connectivity index (χ1v) is 8.69. The minimum absolute atomic E-state index is 0.0458. The van der Waals surface area contributed by atoms with E-state index in [4.69, 9.17) is 4.98 Å². The third-order valence-corrected chi connectivity index (χ3v) is 5.82. The molecule has 0 saturated heterocycles. The second-order valence-corrected chi connectivity index (χ2v) is 7.31. The highest BCUT2D eigenvalue weighted by Crippen LogP contribution is 2.44. The second-order valence-electron chi connectivity index (χ2n) is 5.18. The number of nitrogens with one attached hydrogen (secondary N) is 2. The van der Waals surface area contributed by atoms with Gasteiger partial charge >= 0.3 is 0 Å². The van der Waals surface area contributed by atoms with Crippen LogP contribution < -0.4 is 10.6 Å². The first kappa shape index (κ1) is 13.8. The summed E-state index contributed by atoms with van der Waals surface area (Å²) in [6.07, 6.45) is 4.54. The molecule has 112 valence electrons. The van der Waals surface area contributed by atoms with Crippen LogP contribution in [-0.2, 0) is 17.8 Å². The SMILES string of the molecule is CC(=O)Nc1sc2c(c1-c1nc3cnccc3s1)CCNC2. The van der Waals surface area contributed by atoms with Crippen LogP contribution in [-0.4, -0.2) is 22.4 Å². The summed E-state index contributed by atoms with van der Waals surface area (Å²) in [4.78, 5) is 21.7. The monoisotopic (exact) mass is 330 g/mol. The summed E-state index contributed by atoms with van der Waals surface area (Å²) < 4.78 is 1.12. The molecule has 1 aliphatic rings. The van der Waals surface area contributed by atoms with Gasteiger partial charge < -0.3 is 10.6 Å². The molecule has 7 heteroatoms. The normalized spacial score (nSPS) is 14.0. The highest BCUT2D eigenvalue weighted by Gasteiger charge is 2.24. The van der Waals surface area contributed by atoms with Crippen LogP contribution in [0.1, 0.15) is 17.4 Å². The Bertz CT molecular complexity index is 835. The van der Waals surface area contributed by atoms with Crippen molar-refractivity contribution < 1.29 is 4.79 Å². The third kappa shape index (κ3) is 2.31. The molecule has 0 bridgehead atoms. The molecular weight excluding hydrogens is 316 g/mol. The number of nitrogens with zero attached hydrogens (tertiary/aromatic N) is 2. The molecule has 0 unspecified atom stereocenters. The van der Waals surface area contributed by atoms with E-state index in [1.165, 1.54) is 10.4 Å². The number of rotatable bonds is 2. The minimum Gasteiger partial charge on any atom is -0.317 e. The topological polar surface area (TPSA) is 66.9 Å². The van der Waals surface area contributed by atoms with Crippen LogP contribution in [0.5, 0.6) is 0 Å². The van der Waals surface area contributed by atoms with E-state index in [0.29, 0.717) is 0 Å². The number of anilines is 1. The maximum absolute atomic E-state index is 11.5. The molecule has 3 aromatic rings. The predicted molar refractivity (Wildman–Crippen MR) is 90.4 cm³/mol. The quantitative estimate of drug-likeness (QED) is 0.758. The van der Waals surface area contributed by atoms with Gasteiger partial charge in [-0.3, -0.25) is 9.78 Å². The van der Waals surface area contributed by atoms with Crippen LogP contribution in [0.3, 0.4) is 0 Å². The molecular formula is C15H14N4OS2. The van der Waals surface area contributed by atoms with Crippen LogP contribution in [0.4, 0.5) is 5.00 Å². The van der Waals surface area contributed by atoms with Crippen molar-refractivity contribution in [1.29, 1.82) is 0 Å². The molecule has 0 atom stereocenters. The van der Waals surface area contributed by atoms with E-state index in [1.807, 2.05) is 6.07 Å². The predicted octanol–water partition coefficient (Wildman–Crippen LogP) is 3.02. The van der Waals surface area contributed by atoms with Crippen LogP contribution in [0.15, 0.2) is 18.5 Å². The van der Waals surface area contributed by atoms with E-state index in [1.54, 1.807) is 42.0 Å². The summed E-state index contributed by atoms with van der Waals surface area (Å²) in [5, 5.41) is 8.23. The molecule has 4 heterocycles. The van der Waals surface area contributed by atoms with Crippen molar-refractivity contribution in [2.24, 2.45) is 0 Å². The van der Waals surface area contributed by atoms with Gasteiger partial charge in [-0.1, -0.05) is 0 Å². The van der Waals surface area contributed by atoms with Crippen LogP contribution in [0, 0.1) is 0 Å². The number of amides is 1. The number of thiophene rings is 1. The number of thiazole rings is 1. The Morgan fingerprint density at radius 1 is 1.41 bits per heavy atom. The lowest BCUT2D eigenvalue weighted by Crippen LogP contribution is -2.22. The highest BCUT2D eigenvalue weighted by atomic mass is 32.1. The van der Waals surface area contributed by atoms with Crippen LogP contribution >= 0.6 is 22.7 Å². The van der Waals surface area contributed by atoms with Crippen molar-refractivity contribution in [3.63, 3.8) is 0 Å². The fourth-order valence-corrected chi connectivity index (χ4v) is 5.04. The molecule has 4 rings (SSSR count). The van der Waals surface area contributed by atoms with E-state index in [-0.39, 0.29) is 5.91 Å². The largest absolute Gasteiger partial charge is 0.317 e. The highest BCUT2D eigenvalue weighted by molar-refractivity contribution is 7.22. The number of fused-ring (bicyclic) bond motifs is 2. The summed E-state index contributed by atoms with van der Waals surface area (Å²) in [5.41, 5.74) is 3.32. The van der Waals surface area contributed by atoms with Crippen molar-refractivity contribution in [2.45, 2.75) is 19.9 Å². The Morgan fingerprint density at radius 3 is 3.14 bits per heavy atom. The maximum Gasteiger partial charge on any atom is 0.221 e. The first-order chi connectivity index (χ1) is 10.7. The molecule has 0 aliphatic carbocycles. The van der Waals surface area contributed by atoms with Crippen molar-refractivity contribution in [1.82, 2.24) is 15.3 Å². The molecule has 0 spiro atoms. The van der Waals surface area contributed by atoms with E-state index < -0.39 is 0 Å². The lowest BCUT2D eigenvalue weighted by Gasteiger charge is -2.13.